The Hall–Kier alpha value is -2.17. The molecule has 2 N–H and O–H groups in total. The smallest absolute Gasteiger partial charge is 0.249 e. The minimum Gasteiger partial charge on any atom is -0.293 e. The molecule has 0 radical (unpaired) electrons. The van der Waals surface area contributed by atoms with Crippen LogP contribution in [-0.4, -0.2) is 21.1 Å². The fraction of sp³-hybridized carbons (Fsp3) is 0.400. The molecule has 1 heterocycles. The highest BCUT2D eigenvalue weighted by Crippen LogP contribution is 2.25. The molecule has 1 amide bonds. The lowest BCUT2D eigenvalue weighted by atomic mass is 10.1. The second kappa shape index (κ2) is 5.45. The van der Waals surface area contributed by atoms with Gasteiger partial charge in [0, 0.05) is 11.5 Å². The molecule has 0 atom stereocenters. The first-order valence-corrected chi connectivity index (χ1v) is 7.03. The molecule has 104 valence electrons. The van der Waals surface area contributed by atoms with Crippen LogP contribution in [0, 0.1) is 12.8 Å². The van der Waals surface area contributed by atoms with Crippen LogP contribution < -0.4 is 5.32 Å². The van der Waals surface area contributed by atoms with E-state index in [-0.39, 0.29) is 11.8 Å². The van der Waals surface area contributed by atoms with E-state index in [0.29, 0.717) is 11.8 Å². The lowest BCUT2D eigenvalue weighted by molar-refractivity contribution is -0.119. The Balaban J connectivity index is 1.70. The number of aromatic amines is 1. The van der Waals surface area contributed by atoms with Crippen molar-refractivity contribution >= 4 is 11.9 Å². The molecule has 2 aromatic rings. The number of carbonyl (C=O) groups is 1. The SMILES string of the molecule is Cc1ccc(-c2nc(NC(=O)C3CCCC3)n[nH]2)cc1. The van der Waals surface area contributed by atoms with Crippen molar-refractivity contribution in [1.82, 2.24) is 15.2 Å². The van der Waals surface area contributed by atoms with E-state index in [9.17, 15) is 4.79 Å². The number of aryl methyl sites for hydroxylation is 1. The number of benzene rings is 1. The van der Waals surface area contributed by atoms with Crippen molar-refractivity contribution in [3.05, 3.63) is 29.8 Å². The number of nitrogens with one attached hydrogen (secondary N) is 2. The Morgan fingerprint density at radius 3 is 2.65 bits per heavy atom. The van der Waals surface area contributed by atoms with Crippen molar-refractivity contribution in [3.63, 3.8) is 0 Å². The average molecular weight is 270 g/mol. The summed E-state index contributed by atoms with van der Waals surface area (Å²) in [6.07, 6.45) is 4.23. The highest BCUT2D eigenvalue weighted by molar-refractivity contribution is 5.91. The van der Waals surface area contributed by atoms with Gasteiger partial charge < -0.3 is 0 Å². The maximum Gasteiger partial charge on any atom is 0.249 e. The molecule has 0 bridgehead atoms. The Kier molecular flexibility index (Phi) is 3.50. The van der Waals surface area contributed by atoms with Crippen LogP contribution in [0.3, 0.4) is 0 Å². The van der Waals surface area contributed by atoms with Crippen molar-refractivity contribution in [2.75, 3.05) is 5.32 Å². The molecule has 1 aromatic heterocycles. The molecule has 0 saturated heterocycles. The molecule has 0 aliphatic heterocycles. The molecule has 1 aliphatic carbocycles. The van der Waals surface area contributed by atoms with Crippen LogP contribution in [0.15, 0.2) is 24.3 Å². The Morgan fingerprint density at radius 2 is 1.95 bits per heavy atom. The summed E-state index contributed by atoms with van der Waals surface area (Å²) in [5.41, 5.74) is 2.16. The Bertz CT molecular complexity index is 597. The normalized spacial score (nSPS) is 15.4. The molecule has 5 nitrogen and oxygen atoms in total. The maximum atomic E-state index is 12.0. The largest absolute Gasteiger partial charge is 0.293 e. The number of carbonyl (C=O) groups excluding carboxylic acids is 1. The number of amides is 1. The summed E-state index contributed by atoms with van der Waals surface area (Å²) in [6.45, 7) is 2.04. The van der Waals surface area contributed by atoms with Crippen LogP contribution in [-0.2, 0) is 4.79 Å². The summed E-state index contributed by atoms with van der Waals surface area (Å²) >= 11 is 0. The summed E-state index contributed by atoms with van der Waals surface area (Å²) in [6, 6.07) is 8.01. The molecular weight excluding hydrogens is 252 g/mol. The summed E-state index contributed by atoms with van der Waals surface area (Å²) < 4.78 is 0. The summed E-state index contributed by atoms with van der Waals surface area (Å²) in [5, 5.41) is 9.71. The van der Waals surface area contributed by atoms with Gasteiger partial charge in [-0.1, -0.05) is 42.7 Å². The van der Waals surface area contributed by atoms with Gasteiger partial charge in [-0.05, 0) is 19.8 Å². The van der Waals surface area contributed by atoms with Crippen molar-refractivity contribution in [3.8, 4) is 11.4 Å². The summed E-state index contributed by atoms with van der Waals surface area (Å²) in [5.74, 6) is 1.19. The molecule has 3 rings (SSSR count). The number of aromatic nitrogens is 3. The number of hydrogen-bond donors (Lipinski definition) is 2. The Labute approximate surface area is 117 Å². The van der Waals surface area contributed by atoms with Gasteiger partial charge in [0.05, 0.1) is 0 Å². The van der Waals surface area contributed by atoms with E-state index in [1.54, 1.807) is 0 Å². The maximum absolute atomic E-state index is 12.0. The quantitative estimate of drug-likeness (QED) is 0.900. The average Bonchev–Trinajstić information content (AvgIpc) is 3.10. The zero-order valence-corrected chi connectivity index (χ0v) is 11.5. The predicted molar refractivity (Wildman–Crippen MR) is 77.1 cm³/mol. The first kappa shape index (κ1) is 12.8. The van der Waals surface area contributed by atoms with E-state index in [4.69, 9.17) is 0 Å². The van der Waals surface area contributed by atoms with Gasteiger partial charge in [0.15, 0.2) is 5.82 Å². The minimum atomic E-state index is 0.0388. The second-order valence-electron chi connectivity index (χ2n) is 5.34. The van der Waals surface area contributed by atoms with Crippen LogP contribution in [0.1, 0.15) is 31.2 Å². The molecule has 0 unspecified atom stereocenters. The molecule has 1 aliphatic rings. The molecule has 1 saturated carbocycles. The fourth-order valence-corrected chi connectivity index (χ4v) is 2.56. The van der Waals surface area contributed by atoms with E-state index in [0.717, 1.165) is 31.2 Å². The summed E-state index contributed by atoms with van der Waals surface area (Å²) in [7, 11) is 0. The van der Waals surface area contributed by atoms with E-state index >= 15 is 0 Å². The van der Waals surface area contributed by atoms with Gasteiger partial charge in [0.2, 0.25) is 11.9 Å². The molecular formula is C15H18N4O. The lowest BCUT2D eigenvalue weighted by Crippen LogP contribution is -2.20. The van der Waals surface area contributed by atoms with E-state index in [1.165, 1.54) is 5.56 Å². The molecule has 0 spiro atoms. The third-order valence-electron chi connectivity index (χ3n) is 3.77. The van der Waals surface area contributed by atoms with Crippen LogP contribution in [0.4, 0.5) is 5.95 Å². The number of hydrogen-bond acceptors (Lipinski definition) is 3. The highest BCUT2D eigenvalue weighted by Gasteiger charge is 2.23. The van der Waals surface area contributed by atoms with Crippen molar-refractivity contribution < 1.29 is 4.79 Å². The van der Waals surface area contributed by atoms with E-state index in [2.05, 4.69) is 20.5 Å². The predicted octanol–water partition coefficient (Wildman–Crippen LogP) is 2.91. The highest BCUT2D eigenvalue weighted by atomic mass is 16.2. The van der Waals surface area contributed by atoms with Gasteiger partial charge >= 0.3 is 0 Å². The van der Waals surface area contributed by atoms with Gasteiger partial charge in [0.1, 0.15) is 0 Å². The topological polar surface area (TPSA) is 70.7 Å². The third-order valence-corrected chi connectivity index (χ3v) is 3.77. The molecule has 20 heavy (non-hydrogen) atoms. The first-order chi connectivity index (χ1) is 9.72. The monoisotopic (exact) mass is 270 g/mol. The fourth-order valence-electron chi connectivity index (χ4n) is 2.56. The lowest BCUT2D eigenvalue weighted by Gasteiger charge is -2.06. The van der Waals surface area contributed by atoms with Crippen molar-refractivity contribution in [2.45, 2.75) is 32.6 Å². The first-order valence-electron chi connectivity index (χ1n) is 7.03. The second-order valence-corrected chi connectivity index (χ2v) is 5.34. The summed E-state index contributed by atoms with van der Waals surface area (Å²) in [4.78, 5) is 16.3. The van der Waals surface area contributed by atoms with Crippen LogP contribution in [0.25, 0.3) is 11.4 Å². The van der Waals surface area contributed by atoms with Gasteiger partial charge in [-0.25, -0.2) is 0 Å². The van der Waals surface area contributed by atoms with E-state index < -0.39 is 0 Å². The number of H-pyrrole nitrogens is 1. The van der Waals surface area contributed by atoms with Crippen molar-refractivity contribution in [1.29, 1.82) is 0 Å². The van der Waals surface area contributed by atoms with Crippen molar-refractivity contribution in [2.24, 2.45) is 5.92 Å². The standard InChI is InChI=1S/C15H18N4O/c1-10-6-8-11(9-7-10)13-16-15(19-18-13)17-14(20)12-4-2-3-5-12/h6-9,12H,2-5H2,1H3,(H2,16,17,18,19,20). The zero-order valence-electron chi connectivity index (χ0n) is 11.5. The molecule has 1 fully saturated rings. The van der Waals surface area contributed by atoms with Gasteiger partial charge in [-0.3, -0.25) is 15.2 Å². The van der Waals surface area contributed by atoms with Crippen LogP contribution >= 0.6 is 0 Å². The number of nitrogens with zero attached hydrogens (tertiary/aromatic N) is 2. The third kappa shape index (κ3) is 2.71. The molecule has 5 heteroatoms. The zero-order chi connectivity index (χ0) is 13.9. The van der Waals surface area contributed by atoms with Gasteiger partial charge in [-0.15, -0.1) is 5.10 Å². The number of anilines is 1. The Morgan fingerprint density at radius 1 is 1.25 bits per heavy atom. The van der Waals surface area contributed by atoms with E-state index in [1.807, 2.05) is 31.2 Å². The number of rotatable bonds is 3. The van der Waals surface area contributed by atoms with Crippen LogP contribution in [0.5, 0.6) is 0 Å². The minimum absolute atomic E-state index is 0.0388. The van der Waals surface area contributed by atoms with Gasteiger partial charge in [-0.2, -0.15) is 4.98 Å². The molecule has 1 aromatic carbocycles. The van der Waals surface area contributed by atoms with Crippen LogP contribution in [0.2, 0.25) is 0 Å². The van der Waals surface area contributed by atoms with Gasteiger partial charge in [0.25, 0.3) is 0 Å².